The van der Waals surface area contributed by atoms with Gasteiger partial charge in [0.2, 0.25) is 5.91 Å². The van der Waals surface area contributed by atoms with Crippen LogP contribution in [0.1, 0.15) is 33.1 Å². The van der Waals surface area contributed by atoms with Gasteiger partial charge in [0, 0.05) is 19.4 Å². The third kappa shape index (κ3) is 5.52. The minimum absolute atomic E-state index is 0.00672. The molecule has 0 aliphatic carbocycles. The van der Waals surface area contributed by atoms with Crippen molar-refractivity contribution in [2.24, 2.45) is 11.0 Å². The van der Waals surface area contributed by atoms with Gasteiger partial charge >= 0.3 is 5.97 Å². The van der Waals surface area contributed by atoms with Gasteiger partial charge in [-0.15, -0.1) is 0 Å². The summed E-state index contributed by atoms with van der Waals surface area (Å²) in [5.74, 6) is -1.35. The van der Waals surface area contributed by atoms with Crippen molar-refractivity contribution in [1.29, 1.82) is 0 Å². The SMILES string of the molecule is CC(C)CNC(=O)COC(=O)C1=NN([C@H]2CCS(=O)(=O)C2)C(=O)CC1. The predicted molar refractivity (Wildman–Crippen MR) is 89.4 cm³/mol. The second kappa shape index (κ2) is 7.94. The molecule has 2 rings (SSSR count). The Hall–Kier alpha value is -1.97. The van der Waals surface area contributed by atoms with Crippen LogP contribution in [0.4, 0.5) is 0 Å². The predicted octanol–water partition coefficient (Wildman–Crippen LogP) is -0.533. The fraction of sp³-hybridized carbons (Fsp3) is 0.733. The standard InChI is InChI=1S/C15H23N3O6S/c1-10(2)7-16-13(19)8-24-15(21)12-3-4-14(20)18(17-12)11-5-6-25(22,23)9-11/h10-11H,3-9H2,1-2H3,(H,16,19)/t11-/m0/s1. The van der Waals surface area contributed by atoms with E-state index in [-0.39, 0.29) is 41.9 Å². The Labute approximate surface area is 146 Å². The summed E-state index contributed by atoms with van der Waals surface area (Å²) in [6.45, 7) is 3.95. The largest absolute Gasteiger partial charge is 0.451 e. The van der Waals surface area contributed by atoms with Crippen molar-refractivity contribution >= 4 is 33.3 Å². The molecule has 2 aliphatic rings. The maximum atomic E-state index is 12.0. The molecular formula is C15H23N3O6S. The Morgan fingerprint density at radius 2 is 2.08 bits per heavy atom. The summed E-state index contributed by atoms with van der Waals surface area (Å²) in [5.41, 5.74) is 0.0283. The number of sulfone groups is 1. The minimum Gasteiger partial charge on any atom is -0.451 e. The molecule has 1 fully saturated rings. The number of hydrogen-bond donors (Lipinski definition) is 1. The summed E-state index contributed by atoms with van der Waals surface area (Å²) in [6, 6.07) is -0.546. The lowest BCUT2D eigenvalue weighted by Gasteiger charge is -2.27. The molecule has 0 saturated carbocycles. The molecule has 1 atom stereocenters. The van der Waals surface area contributed by atoms with Gasteiger partial charge in [0.05, 0.1) is 17.5 Å². The van der Waals surface area contributed by atoms with Crippen LogP contribution in [-0.4, -0.2) is 67.6 Å². The summed E-state index contributed by atoms with van der Waals surface area (Å²) in [6.07, 6.45) is 0.475. The van der Waals surface area contributed by atoms with E-state index in [0.29, 0.717) is 13.0 Å². The number of nitrogens with one attached hydrogen (secondary N) is 1. The van der Waals surface area contributed by atoms with Crippen molar-refractivity contribution in [1.82, 2.24) is 10.3 Å². The molecule has 9 nitrogen and oxygen atoms in total. The second-order valence-electron chi connectivity index (χ2n) is 6.62. The Morgan fingerprint density at radius 1 is 1.36 bits per heavy atom. The lowest BCUT2D eigenvalue weighted by Crippen LogP contribution is -2.42. The number of carbonyl (C=O) groups excluding carboxylic acids is 3. The maximum absolute atomic E-state index is 12.0. The number of esters is 1. The first-order chi connectivity index (χ1) is 11.7. The van der Waals surface area contributed by atoms with E-state index in [9.17, 15) is 22.8 Å². The van der Waals surface area contributed by atoms with Crippen LogP contribution in [0.15, 0.2) is 5.10 Å². The van der Waals surface area contributed by atoms with Crippen molar-refractivity contribution < 1.29 is 27.5 Å². The molecule has 0 radical (unpaired) electrons. The molecule has 1 saturated heterocycles. The van der Waals surface area contributed by atoms with E-state index in [4.69, 9.17) is 4.74 Å². The summed E-state index contributed by atoms with van der Waals surface area (Å²) >= 11 is 0. The van der Waals surface area contributed by atoms with Crippen molar-refractivity contribution in [2.45, 2.75) is 39.2 Å². The highest BCUT2D eigenvalue weighted by molar-refractivity contribution is 7.91. The fourth-order valence-corrected chi connectivity index (χ4v) is 4.25. The highest BCUT2D eigenvalue weighted by Crippen LogP contribution is 2.22. The summed E-state index contributed by atoms with van der Waals surface area (Å²) in [4.78, 5) is 35.6. The number of rotatable bonds is 6. The van der Waals surface area contributed by atoms with E-state index in [1.807, 2.05) is 13.8 Å². The first-order valence-corrected chi connectivity index (χ1v) is 10.0. The molecule has 10 heteroatoms. The van der Waals surface area contributed by atoms with Gasteiger partial charge in [-0.3, -0.25) is 9.59 Å². The van der Waals surface area contributed by atoms with Gasteiger partial charge in [-0.2, -0.15) is 5.10 Å². The zero-order valence-corrected chi connectivity index (χ0v) is 15.2. The molecule has 0 spiro atoms. The third-order valence-corrected chi connectivity index (χ3v) is 5.64. The molecule has 0 aromatic heterocycles. The Bertz CT molecular complexity index is 685. The molecule has 2 amide bonds. The zero-order valence-electron chi connectivity index (χ0n) is 14.4. The minimum atomic E-state index is -3.17. The Morgan fingerprint density at radius 3 is 2.68 bits per heavy atom. The molecule has 0 bridgehead atoms. The molecule has 0 aromatic rings. The van der Waals surface area contributed by atoms with Crippen molar-refractivity contribution in [2.75, 3.05) is 24.7 Å². The highest BCUT2D eigenvalue weighted by Gasteiger charge is 2.37. The zero-order chi connectivity index (χ0) is 18.6. The van der Waals surface area contributed by atoms with Crippen LogP contribution >= 0.6 is 0 Å². The first-order valence-electron chi connectivity index (χ1n) is 8.21. The van der Waals surface area contributed by atoms with Gasteiger partial charge in [-0.25, -0.2) is 18.2 Å². The number of carbonyl (C=O) groups is 3. The van der Waals surface area contributed by atoms with E-state index < -0.39 is 34.4 Å². The van der Waals surface area contributed by atoms with Gasteiger partial charge in [0.1, 0.15) is 5.71 Å². The molecule has 0 unspecified atom stereocenters. The molecule has 2 heterocycles. The summed E-state index contributed by atoms with van der Waals surface area (Å²) < 4.78 is 28.1. The average molecular weight is 373 g/mol. The van der Waals surface area contributed by atoms with E-state index in [0.717, 1.165) is 5.01 Å². The molecule has 25 heavy (non-hydrogen) atoms. The third-order valence-electron chi connectivity index (χ3n) is 3.89. The topological polar surface area (TPSA) is 122 Å². The van der Waals surface area contributed by atoms with Crippen molar-refractivity contribution in [3.63, 3.8) is 0 Å². The van der Waals surface area contributed by atoms with E-state index >= 15 is 0 Å². The van der Waals surface area contributed by atoms with Gasteiger partial charge in [-0.1, -0.05) is 13.8 Å². The average Bonchev–Trinajstić information content (AvgIpc) is 2.90. The van der Waals surface area contributed by atoms with Crippen LogP contribution in [0, 0.1) is 5.92 Å². The van der Waals surface area contributed by atoms with Crippen LogP contribution in [-0.2, 0) is 29.0 Å². The van der Waals surface area contributed by atoms with Gasteiger partial charge in [-0.05, 0) is 12.3 Å². The second-order valence-corrected chi connectivity index (χ2v) is 8.84. The molecule has 1 N–H and O–H groups in total. The normalized spacial score (nSPS) is 22.7. The monoisotopic (exact) mass is 373 g/mol. The quantitative estimate of drug-likeness (QED) is 0.625. The maximum Gasteiger partial charge on any atom is 0.355 e. The lowest BCUT2D eigenvalue weighted by molar-refractivity contribution is -0.143. The van der Waals surface area contributed by atoms with E-state index in [2.05, 4.69) is 10.4 Å². The molecule has 140 valence electrons. The van der Waals surface area contributed by atoms with Gasteiger partial charge in [0.25, 0.3) is 5.91 Å². The first kappa shape index (κ1) is 19.4. The van der Waals surface area contributed by atoms with E-state index in [1.54, 1.807) is 0 Å². The van der Waals surface area contributed by atoms with Crippen molar-refractivity contribution in [3.8, 4) is 0 Å². The Balaban J connectivity index is 1.94. The highest BCUT2D eigenvalue weighted by atomic mass is 32.2. The smallest absolute Gasteiger partial charge is 0.355 e. The number of amides is 2. The summed E-state index contributed by atoms with van der Waals surface area (Å²) in [5, 5.41) is 7.70. The fourth-order valence-electron chi connectivity index (χ4n) is 2.56. The van der Waals surface area contributed by atoms with E-state index in [1.165, 1.54) is 0 Å². The number of hydrogen-bond acceptors (Lipinski definition) is 7. The van der Waals surface area contributed by atoms with Crippen LogP contribution < -0.4 is 5.32 Å². The lowest BCUT2D eigenvalue weighted by atomic mass is 10.1. The summed E-state index contributed by atoms with van der Waals surface area (Å²) in [7, 11) is -3.17. The Kier molecular flexibility index (Phi) is 6.15. The molecular weight excluding hydrogens is 350 g/mol. The van der Waals surface area contributed by atoms with Crippen LogP contribution in [0.3, 0.4) is 0 Å². The number of hydrazone groups is 1. The van der Waals surface area contributed by atoms with Crippen molar-refractivity contribution in [3.05, 3.63) is 0 Å². The molecule has 2 aliphatic heterocycles. The van der Waals surface area contributed by atoms with Crippen LogP contribution in [0.25, 0.3) is 0 Å². The van der Waals surface area contributed by atoms with Gasteiger partial charge < -0.3 is 10.1 Å². The number of nitrogens with zero attached hydrogens (tertiary/aromatic N) is 2. The van der Waals surface area contributed by atoms with Crippen LogP contribution in [0.2, 0.25) is 0 Å². The van der Waals surface area contributed by atoms with Crippen LogP contribution in [0.5, 0.6) is 0 Å². The van der Waals surface area contributed by atoms with Gasteiger partial charge in [0.15, 0.2) is 16.4 Å². The number of ether oxygens (including phenoxy) is 1. The molecule has 0 aromatic carbocycles.